The molecule has 0 saturated carbocycles. The van der Waals surface area contributed by atoms with Crippen LogP contribution in [0.4, 0.5) is 0 Å². The van der Waals surface area contributed by atoms with Gasteiger partial charge in [0.15, 0.2) is 0 Å². The van der Waals surface area contributed by atoms with Gasteiger partial charge in [-0.05, 0) is 43.0 Å². The lowest BCUT2D eigenvalue weighted by Gasteiger charge is -2.19. The monoisotopic (exact) mass is 384 g/mol. The van der Waals surface area contributed by atoms with E-state index in [1.54, 1.807) is 18.2 Å². The summed E-state index contributed by atoms with van der Waals surface area (Å²) in [5, 5.41) is 0. The van der Waals surface area contributed by atoms with Crippen LogP contribution < -0.4 is 10.5 Å². The fraction of sp³-hybridized carbons (Fsp3) is 0.538. The first kappa shape index (κ1) is 19.9. The molecule has 0 fully saturated rings. The van der Waals surface area contributed by atoms with Gasteiger partial charge in [-0.1, -0.05) is 29.8 Å². The SMILES string of the molecule is Cc1cc(S(=O)(=O)NC(CN)CC(C)C)ccc1Br.Cl. The molecule has 0 aliphatic carbocycles. The maximum atomic E-state index is 12.3. The lowest BCUT2D eigenvalue weighted by molar-refractivity contribution is 0.465. The van der Waals surface area contributed by atoms with Gasteiger partial charge in [-0.25, -0.2) is 13.1 Å². The van der Waals surface area contributed by atoms with Crippen molar-refractivity contribution in [3.63, 3.8) is 0 Å². The number of aryl methyl sites for hydroxylation is 1. The summed E-state index contributed by atoms with van der Waals surface area (Å²) >= 11 is 3.36. The largest absolute Gasteiger partial charge is 0.329 e. The molecule has 0 aromatic heterocycles. The molecule has 7 heteroatoms. The summed E-state index contributed by atoms with van der Waals surface area (Å²) in [4.78, 5) is 0.274. The zero-order chi connectivity index (χ0) is 14.6. The molecule has 3 N–H and O–H groups in total. The number of hydrogen-bond donors (Lipinski definition) is 2. The fourth-order valence-electron chi connectivity index (χ4n) is 1.83. The lowest BCUT2D eigenvalue weighted by atomic mass is 10.1. The number of sulfonamides is 1. The molecule has 0 saturated heterocycles. The van der Waals surface area contributed by atoms with Crippen LogP contribution in [-0.2, 0) is 10.0 Å². The van der Waals surface area contributed by atoms with Gasteiger partial charge >= 0.3 is 0 Å². The molecular formula is C13H22BrClN2O2S. The highest BCUT2D eigenvalue weighted by atomic mass is 79.9. The molecule has 1 aromatic rings. The summed E-state index contributed by atoms with van der Waals surface area (Å²) in [5.74, 6) is 0.392. The van der Waals surface area contributed by atoms with Crippen molar-refractivity contribution in [2.24, 2.45) is 11.7 Å². The van der Waals surface area contributed by atoms with E-state index < -0.39 is 10.0 Å². The number of rotatable bonds is 6. The molecule has 1 aromatic carbocycles. The molecular weight excluding hydrogens is 364 g/mol. The Balaban J connectivity index is 0.00000361. The smallest absolute Gasteiger partial charge is 0.240 e. The van der Waals surface area contributed by atoms with Crippen molar-refractivity contribution in [3.8, 4) is 0 Å². The molecule has 20 heavy (non-hydrogen) atoms. The average Bonchev–Trinajstić information content (AvgIpc) is 2.30. The Labute approximate surface area is 136 Å². The second kappa shape index (κ2) is 8.34. The predicted molar refractivity (Wildman–Crippen MR) is 88.7 cm³/mol. The molecule has 0 heterocycles. The molecule has 116 valence electrons. The van der Waals surface area contributed by atoms with Crippen molar-refractivity contribution in [2.75, 3.05) is 6.54 Å². The van der Waals surface area contributed by atoms with Crippen LogP contribution in [0.15, 0.2) is 27.6 Å². The summed E-state index contributed by atoms with van der Waals surface area (Å²) < 4.78 is 28.1. The van der Waals surface area contributed by atoms with Gasteiger partial charge in [0, 0.05) is 17.1 Å². The Morgan fingerprint density at radius 2 is 1.95 bits per heavy atom. The molecule has 1 atom stereocenters. The highest BCUT2D eigenvalue weighted by molar-refractivity contribution is 9.10. The van der Waals surface area contributed by atoms with E-state index in [9.17, 15) is 8.42 Å². The molecule has 0 aliphatic heterocycles. The van der Waals surface area contributed by atoms with Crippen molar-refractivity contribution in [1.82, 2.24) is 4.72 Å². The van der Waals surface area contributed by atoms with Gasteiger partial charge in [-0.2, -0.15) is 0 Å². The van der Waals surface area contributed by atoms with Crippen LogP contribution in [0, 0.1) is 12.8 Å². The van der Waals surface area contributed by atoms with E-state index in [0.717, 1.165) is 16.5 Å². The lowest BCUT2D eigenvalue weighted by Crippen LogP contribution is -2.40. The first-order valence-corrected chi connectivity index (χ1v) is 8.52. The molecule has 0 aliphatic rings. The van der Waals surface area contributed by atoms with Gasteiger partial charge in [0.25, 0.3) is 0 Å². The van der Waals surface area contributed by atoms with Gasteiger partial charge in [0.05, 0.1) is 4.90 Å². The van der Waals surface area contributed by atoms with Crippen molar-refractivity contribution in [2.45, 2.75) is 38.1 Å². The van der Waals surface area contributed by atoms with Crippen LogP contribution in [0.2, 0.25) is 0 Å². The van der Waals surface area contributed by atoms with E-state index in [1.807, 2.05) is 20.8 Å². The van der Waals surface area contributed by atoms with Gasteiger partial charge in [0.1, 0.15) is 0 Å². The zero-order valence-corrected chi connectivity index (χ0v) is 15.1. The van der Waals surface area contributed by atoms with E-state index in [-0.39, 0.29) is 23.3 Å². The highest BCUT2D eigenvalue weighted by Gasteiger charge is 2.20. The second-order valence-corrected chi connectivity index (χ2v) is 7.66. The molecule has 0 radical (unpaired) electrons. The normalized spacial score (nSPS) is 13.1. The van der Waals surface area contributed by atoms with Crippen LogP contribution in [0.5, 0.6) is 0 Å². The third-order valence-electron chi connectivity index (χ3n) is 2.80. The minimum Gasteiger partial charge on any atom is -0.329 e. The summed E-state index contributed by atoms with van der Waals surface area (Å²) in [6.45, 7) is 6.24. The maximum Gasteiger partial charge on any atom is 0.240 e. The Hall–Kier alpha value is -0.140. The minimum atomic E-state index is -3.51. The third kappa shape index (κ3) is 5.69. The fourth-order valence-corrected chi connectivity index (χ4v) is 3.43. The average molecular weight is 386 g/mol. The number of hydrogen-bond acceptors (Lipinski definition) is 3. The van der Waals surface area contributed by atoms with Crippen molar-refractivity contribution in [1.29, 1.82) is 0 Å². The zero-order valence-electron chi connectivity index (χ0n) is 11.9. The van der Waals surface area contributed by atoms with Crippen LogP contribution in [0.1, 0.15) is 25.8 Å². The quantitative estimate of drug-likeness (QED) is 0.791. The molecule has 1 unspecified atom stereocenters. The number of halogens is 2. The molecule has 1 rings (SSSR count). The van der Waals surface area contributed by atoms with E-state index in [2.05, 4.69) is 20.7 Å². The Bertz CT molecular complexity index is 535. The van der Waals surface area contributed by atoms with Crippen molar-refractivity contribution < 1.29 is 8.42 Å². The number of nitrogens with two attached hydrogens (primary N) is 1. The van der Waals surface area contributed by atoms with Gasteiger partial charge in [-0.3, -0.25) is 0 Å². The van der Waals surface area contributed by atoms with Gasteiger partial charge in [0.2, 0.25) is 10.0 Å². The summed E-state index contributed by atoms with van der Waals surface area (Å²) in [6, 6.07) is 4.75. The van der Waals surface area contributed by atoms with Crippen LogP contribution in [-0.4, -0.2) is 21.0 Å². The first-order valence-electron chi connectivity index (χ1n) is 6.24. The van der Waals surface area contributed by atoms with E-state index >= 15 is 0 Å². The number of nitrogens with one attached hydrogen (secondary N) is 1. The molecule has 4 nitrogen and oxygen atoms in total. The Kier molecular flexibility index (Phi) is 8.28. The van der Waals surface area contributed by atoms with Crippen LogP contribution in [0.25, 0.3) is 0 Å². The molecule has 0 spiro atoms. The van der Waals surface area contributed by atoms with Crippen molar-refractivity contribution in [3.05, 3.63) is 28.2 Å². The second-order valence-electron chi connectivity index (χ2n) is 5.09. The van der Waals surface area contributed by atoms with E-state index in [4.69, 9.17) is 5.73 Å². The third-order valence-corrected chi connectivity index (χ3v) is 5.21. The summed E-state index contributed by atoms with van der Waals surface area (Å²) in [6.07, 6.45) is 0.727. The first-order chi connectivity index (χ1) is 8.76. The standard InChI is InChI=1S/C13H21BrN2O2S.ClH/c1-9(2)6-11(8-15)16-19(17,18)12-4-5-13(14)10(3)7-12;/h4-5,7,9,11,16H,6,8,15H2,1-3H3;1H. The molecule has 0 bridgehead atoms. The van der Waals surface area contributed by atoms with Gasteiger partial charge in [-0.15, -0.1) is 12.4 Å². The van der Waals surface area contributed by atoms with E-state index in [0.29, 0.717) is 12.5 Å². The Morgan fingerprint density at radius 1 is 1.35 bits per heavy atom. The predicted octanol–water partition coefficient (Wildman–Crippen LogP) is 2.83. The van der Waals surface area contributed by atoms with E-state index in [1.165, 1.54) is 0 Å². The highest BCUT2D eigenvalue weighted by Crippen LogP contribution is 2.20. The van der Waals surface area contributed by atoms with Gasteiger partial charge < -0.3 is 5.73 Å². The molecule has 0 amide bonds. The van der Waals surface area contributed by atoms with Crippen molar-refractivity contribution >= 4 is 38.4 Å². The minimum absolute atomic E-state index is 0. The van der Waals surface area contributed by atoms with Crippen LogP contribution in [0.3, 0.4) is 0 Å². The number of benzene rings is 1. The maximum absolute atomic E-state index is 12.3. The Morgan fingerprint density at radius 3 is 2.40 bits per heavy atom. The summed E-state index contributed by atoms with van der Waals surface area (Å²) in [7, 11) is -3.51. The topological polar surface area (TPSA) is 72.2 Å². The summed E-state index contributed by atoms with van der Waals surface area (Å²) in [5.41, 5.74) is 6.51. The van der Waals surface area contributed by atoms with Crippen LogP contribution >= 0.6 is 28.3 Å².